The summed E-state index contributed by atoms with van der Waals surface area (Å²) in [5.41, 5.74) is -0.157. The number of benzene rings is 1. The molecular weight excluding hydrogens is 330 g/mol. The Morgan fingerprint density at radius 2 is 1.95 bits per heavy atom. The molecule has 1 N–H and O–H groups in total. The van der Waals surface area contributed by atoms with Crippen LogP contribution in [0.2, 0.25) is 0 Å². The fraction of sp³-hybridized carbons (Fsp3) is 0.429. The van der Waals surface area contributed by atoms with Gasteiger partial charge in [0.25, 0.3) is 5.91 Å². The Morgan fingerprint density at radius 3 is 2.42 bits per heavy atom. The Hall–Kier alpha value is -0.870. The zero-order chi connectivity index (χ0) is 14.5. The first-order chi connectivity index (χ1) is 8.95. The summed E-state index contributed by atoms with van der Waals surface area (Å²) in [6, 6.07) is 8.88. The van der Waals surface area contributed by atoms with Gasteiger partial charge in [-0.1, -0.05) is 41.1 Å². The summed E-state index contributed by atoms with van der Waals surface area (Å²) in [4.78, 5) is 23.5. The third-order valence-electron chi connectivity index (χ3n) is 3.35. The SMILES string of the molecule is CCC(C)(C(=O)CCl)C(Br)NC(=O)c1ccccc1. The van der Waals surface area contributed by atoms with E-state index in [0.717, 1.165) is 0 Å². The first-order valence-corrected chi connectivity index (χ1v) is 7.50. The van der Waals surface area contributed by atoms with Gasteiger partial charge in [0.15, 0.2) is 5.78 Å². The molecule has 0 aromatic heterocycles. The maximum absolute atomic E-state index is 12.0. The highest BCUT2D eigenvalue weighted by atomic mass is 79.9. The lowest BCUT2D eigenvalue weighted by atomic mass is 9.83. The third-order valence-corrected chi connectivity index (χ3v) is 4.83. The molecule has 2 atom stereocenters. The minimum absolute atomic E-state index is 0.0619. The number of alkyl halides is 2. The van der Waals surface area contributed by atoms with Crippen LogP contribution in [0.15, 0.2) is 30.3 Å². The van der Waals surface area contributed by atoms with Crippen molar-refractivity contribution in [2.45, 2.75) is 25.2 Å². The Kier molecular flexibility index (Phi) is 6.01. The molecule has 3 nitrogen and oxygen atoms in total. The molecule has 19 heavy (non-hydrogen) atoms. The fourth-order valence-corrected chi connectivity index (χ4v) is 2.71. The molecule has 0 aliphatic heterocycles. The van der Waals surface area contributed by atoms with Crippen molar-refractivity contribution in [1.29, 1.82) is 0 Å². The van der Waals surface area contributed by atoms with Crippen LogP contribution in [-0.4, -0.2) is 22.5 Å². The molecule has 0 bridgehead atoms. The van der Waals surface area contributed by atoms with Crippen LogP contribution in [0.5, 0.6) is 0 Å². The van der Waals surface area contributed by atoms with Gasteiger partial charge < -0.3 is 5.32 Å². The van der Waals surface area contributed by atoms with Crippen molar-refractivity contribution >= 4 is 39.2 Å². The molecule has 0 saturated heterocycles. The van der Waals surface area contributed by atoms with E-state index in [1.54, 1.807) is 31.2 Å². The topological polar surface area (TPSA) is 46.2 Å². The normalized spacial score (nSPS) is 15.4. The van der Waals surface area contributed by atoms with Crippen molar-refractivity contribution in [3.8, 4) is 0 Å². The number of ketones is 1. The molecule has 0 saturated carbocycles. The van der Waals surface area contributed by atoms with Crippen LogP contribution in [0.1, 0.15) is 30.6 Å². The minimum atomic E-state index is -0.716. The minimum Gasteiger partial charge on any atom is -0.339 e. The number of nitrogens with one attached hydrogen (secondary N) is 1. The Morgan fingerprint density at radius 1 is 1.37 bits per heavy atom. The van der Waals surface area contributed by atoms with Crippen LogP contribution in [0.4, 0.5) is 0 Å². The average molecular weight is 347 g/mol. The molecule has 0 aliphatic rings. The largest absolute Gasteiger partial charge is 0.339 e. The van der Waals surface area contributed by atoms with Gasteiger partial charge in [-0.25, -0.2) is 0 Å². The summed E-state index contributed by atoms with van der Waals surface area (Å²) in [6.07, 6.45) is 0.587. The maximum Gasteiger partial charge on any atom is 0.252 e. The van der Waals surface area contributed by atoms with Gasteiger partial charge in [-0.3, -0.25) is 9.59 Å². The van der Waals surface area contributed by atoms with Crippen molar-refractivity contribution in [3.05, 3.63) is 35.9 Å². The Balaban J connectivity index is 2.81. The summed E-state index contributed by atoms with van der Waals surface area (Å²) < 4.78 is 0. The number of halogens is 2. The van der Waals surface area contributed by atoms with Gasteiger partial charge in [0, 0.05) is 5.56 Å². The van der Waals surface area contributed by atoms with Gasteiger partial charge in [0.05, 0.1) is 16.2 Å². The lowest BCUT2D eigenvalue weighted by Crippen LogP contribution is -2.47. The first-order valence-electron chi connectivity index (χ1n) is 6.05. The van der Waals surface area contributed by atoms with E-state index in [1.807, 2.05) is 13.0 Å². The van der Waals surface area contributed by atoms with Crippen molar-refractivity contribution in [1.82, 2.24) is 5.32 Å². The molecule has 0 heterocycles. The second kappa shape index (κ2) is 7.06. The number of hydrogen-bond acceptors (Lipinski definition) is 2. The van der Waals surface area contributed by atoms with Crippen LogP contribution in [0, 0.1) is 5.41 Å². The van der Waals surface area contributed by atoms with E-state index < -0.39 is 10.4 Å². The zero-order valence-electron chi connectivity index (χ0n) is 11.0. The highest BCUT2D eigenvalue weighted by Crippen LogP contribution is 2.31. The van der Waals surface area contributed by atoms with E-state index in [1.165, 1.54) is 0 Å². The maximum atomic E-state index is 12.0. The van der Waals surface area contributed by atoms with E-state index in [2.05, 4.69) is 21.2 Å². The summed E-state index contributed by atoms with van der Waals surface area (Å²) >= 11 is 9.02. The van der Waals surface area contributed by atoms with E-state index in [0.29, 0.717) is 12.0 Å². The molecule has 2 unspecified atom stereocenters. The second-order valence-corrected chi connectivity index (χ2v) is 5.71. The highest BCUT2D eigenvalue weighted by Gasteiger charge is 2.38. The number of carbonyl (C=O) groups is 2. The van der Waals surface area contributed by atoms with Crippen LogP contribution in [0.3, 0.4) is 0 Å². The summed E-state index contributed by atoms with van der Waals surface area (Å²) in [6.45, 7) is 3.69. The first kappa shape index (κ1) is 16.2. The van der Waals surface area contributed by atoms with Crippen LogP contribution >= 0.6 is 27.5 Å². The molecule has 104 valence electrons. The lowest BCUT2D eigenvalue weighted by molar-refractivity contribution is -0.125. The van der Waals surface area contributed by atoms with E-state index in [4.69, 9.17) is 11.6 Å². The van der Waals surface area contributed by atoms with Gasteiger partial charge in [0.1, 0.15) is 0 Å². The van der Waals surface area contributed by atoms with Crippen LogP contribution in [-0.2, 0) is 4.79 Å². The van der Waals surface area contributed by atoms with Gasteiger partial charge >= 0.3 is 0 Å². The summed E-state index contributed by atoms with van der Waals surface area (Å²) in [5.74, 6) is -0.371. The number of Topliss-reactive ketones (excluding diaryl/α,β-unsaturated/α-hetero) is 1. The number of carbonyl (C=O) groups excluding carboxylic acids is 2. The monoisotopic (exact) mass is 345 g/mol. The van der Waals surface area contributed by atoms with Crippen LogP contribution < -0.4 is 5.32 Å². The number of rotatable bonds is 6. The Labute approximate surface area is 126 Å². The van der Waals surface area contributed by atoms with Crippen molar-refractivity contribution < 1.29 is 9.59 Å². The van der Waals surface area contributed by atoms with Gasteiger partial charge in [-0.2, -0.15) is 0 Å². The molecule has 5 heteroatoms. The summed E-state index contributed by atoms with van der Waals surface area (Å²) in [5, 5.41) is 2.80. The quantitative estimate of drug-likeness (QED) is 0.634. The molecular formula is C14H17BrClNO2. The number of hydrogen-bond donors (Lipinski definition) is 1. The molecule has 1 rings (SSSR count). The molecule has 1 aromatic rings. The molecule has 0 aliphatic carbocycles. The van der Waals surface area contributed by atoms with Gasteiger partial charge in [0.2, 0.25) is 0 Å². The summed E-state index contributed by atoms with van der Waals surface area (Å²) in [7, 11) is 0. The smallest absolute Gasteiger partial charge is 0.252 e. The predicted octanol–water partition coefficient (Wildman–Crippen LogP) is 3.36. The average Bonchev–Trinajstić information content (AvgIpc) is 2.46. The molecule has 1 amide bonds. The van der Waals surface area contributed by atoms with E-state index >= 15 is 0 Å². The van der Waals surface area contributed by atoms with Crippen molar-refractivity contribution in [3.63, 3.8) is 0 Å². The third kappa shape index (κ3) is 3.80. The van der Waals surface area contributed by atoms with E-state index in [-0.39, 0.29) is 17.6 Å². The molecule has 0 spiro atoms. The van der Waals surface area contributed by atoms with Crippen LogP contribution in [0.25, 0.3) is 0 Å². The molecule has 0 fully saturated rings. The van der Waals surface area contributed by atoms with Crippen molar-refractivity contribution in [2.24, 2.45) is 5.41 Å². The highest BCUT2D eigenvalue weighted by molar-refractivity contribution is 9.09. The second-order valence-electron chi connectivity index (χ2n) is 4.53. The molecule has 0 radical (unpaired) electrons. The predicted molar refractivity (Wildman–Crippen MR) is 80.7 cm³/mol. The van der Waals surface area contributed by atoms with Crippen molar-refractivity contribution in [2.75, 3.05) is 5.88 Å². The lowest BCUT2D eigenvalue weighted by Gasteiger charge is -2.31. The zero-order valence-corrected chi connectivity index (χ0v) is 13.3. The number of amides is 1. The van der Waals surface area contributed by atoms with Gasteiger partial charge in [-0.05, 0) is 25.5 Å². The molecule has 1 aromatic carbocycles. The van der Waals surface area contributed by atoms with E-state index in [9.17, 15) is 9.59 Å². The fourth-order valence-electron chi connectivity index (χ4n) is 1.62. The van der Waals surface area contributed by atoms with Gasteiger partial charge in [-0.15, -0.1) is 11.6 Å². The standard InChI is InChI=1S/C14H17BrClNO2/c1-3-14(2,11(18)9-16)13(15)17-12(19)10-7-5-4-6-8-10/h4-8,13H,3,9H2,1-2H3,(H,17,19). The Bertz CT molecular complexity index is 452.